The molecule has 1 saturated carbocycles. The second-order valence-corrected chi connectivity index (χ2v) is 5.96. The number of aromatic nitrogens is 1. The van der Waals surface area contributed by atoms with Gasteiger partial charge in [0.25, 0.3) is 0 Å². The molecule has 0 radical (unpaired) electrons. The zero-order valence-corrected chi connectivity index (χ0v) is 12.3. The van der Waals surface area contributed by atoms with Crippen LogP contribution < -0.4 is 10.1 Å². The fourth-order valence-corrected chi connectivity index (χ4v) is 2.65. The van der Waals surface area contributed by atoms with E-state index in [9.17, 15) is 0 Å². The van der Waals surface area contributed by atoms with Crippen molar-refractivity contribution in [2.24, 2.45) is 5.92 Å². The van der Waals surface area contributed by atoms with Gasteiger partial charge in [0, 0.05) is 32.1 Å². The quantitative estimate of drug-likeness (QED) is 0.672. The minimum absolute atomic E-state index is 0.202. The van der Waals surface area contributed by atoms with E-state index in [0.29, 0.717) is 24.5 Å². The van der Waals surface area contributed by atoms with Gasteiger partial charge in [-0.25, -0.2) is 0 Å². The Bertz CT molecular complexity index is 451. The first-order chi connectivity index (χ1) is 10.4. The average Bonchev–Trinajstić information content (AvgIpc) is 3.22. The summed E-state index contributed by atoms with van der Waals surface area (Å²) in [5.74, 6) is 2.01. The van der Waals surface area contributed by atoms with Crippen LogP contribution in [0.2, 0.25) is 0 Å². The number of pyridine rings is 1. The van der Waals surface area contributed by atoms with Gasteiger partial charge in [-0.2, -0.15) is 0 Å². The molecule has 2 heterocycles. The van der Waals surface area contributed by atoms with Gasteiger partial charge in [0.15, 0.2) is 0 Å². The first-order valence-corrected chi connectivity index (χ1v) is 7.86. The van der Waals surface area contributed by atoms with E-state index in [0.717, 1.165) is 38.3 Å². The molecule has 1 aromatic rings. The number of nitrogens with one attached hydrogen (secondary N) is 1. The molecule has 0 spiro atoms. The molecule has 5 nitrogen and oxygen atoms in total. The Morgan fingerprint density at radius 3 is 3.00 bits per heavy atom. The molecule has 1 aliphatic heterocycles. The Morgan fingerprint density at radius 2 is 2.24 bits per heavy atom. The van der Waals surface area contributed by atoms with Crippen LogP contribution >= 0.6 is 0 Å². The van der Waals surface area contributed by atoms with Crippen LogP contribution in [-0.2, 0) is 4.74 Å². The lowest BCUT2D eigenvalue weighted by molar-refractivity contribution is 0.107. The molecule has 2 aliphatic rings. The molecule has 2 N–H and O–H groups in total. The predicted molar refractivity (Wildman–Crippen MR) is 79.5 cm³/mol. The van der Waals surface area contributed by atoms with Crippen molar-refractivity contribution < 1.29 is 14.6 Å². The van der Waals surface area contributed by atoms with Gasteiger partial charge in [0.1, 0.15) is 12.4 Å². The van der Waals surface area contributed by atoms with Gasteiger partial charge >= 0.3 is 0 Å². The van der Waals surface area contributed by atoms with Crippen LogP contribution in [0, 0.1) is 5.92 Å². The monoisotopic (exact) mass is 292 g/mol. The Hall–Kier alpha value is -1.17. The third-order valence-corrected chi connectivity index (χ3v) is 4.24. The number of aliphatic hydroxyl groups excluding tert-OH is 1. The van der Waals surface area contributed by atoms with Crippen LogP contribution in [-0.4, -0.2) is 49.1 Å². The molecule has 0 unspecified atom stereocenters. The molecule has 0 aromatic carbocycles. The summed E-state index contributed by atoms with van der Waals surface area (Å²) in [4.78, 5) is 4.29. The molecule has 0 bridgehead atoms. The van der Waals surface area contributed by atoms with Crippen LogP contribution in [0.5, 0.6) is 5.75 Å². The van der Waals surface area contributed by atoms with E-state index in [1.54, 1.807) is 6.20 Å². The molecule has 21 heavy (non-hydrogen) atoms. The molecule has 116 valence electrons. The third-order valence-electron chi connectivity index (χ3n) is 4.24. The topological polar surface area (TPSA) is 63.6 Å². The Balaban J connectivity index is 1.43. The number of hydrogen-bond donors (Lipinski definition) is 2. The molecule has 5 heteroatoms. The highest BCUT2D eigenvalue weighted by atomic mass is 16.5. The lowest BCUT2D eigenvalue weighted by Crippen LogP contribution is -2.46. The fraction of sp³-hybridized carbons (Fsp3) is 0.688. The first-order valence-electron chi connectivity index (χ1n) is 7.86. The van der Waals surface area contributed by atoms with Gasteiger partial charge in [-0.3, -0.25) is 4.98 Å². The highest BCUT2D eigenvalue weighted by Crippen LogP contribution is 2.47. The van der Waals surface area contributed by atoms with Gasteiger partial charge < -0.3 is 19.9 Å². The summed E-state index contributed by atoms with van der Waals surface area (Å²) in [6, 6.07) is 2.62. The van der Waals surface area contributed by atoms with E-state index >= 15 is 0 Å². The van der Waals surface area contributed by atoms with Gasteiger partial charge in [0.2, 0.25) is 0 Å². The number of hydrogen-bond acceptors (Lipinski definition) is 5. The summed E-state index contributed by atoms with van der Waals surface area (Å²) in [6.07, 6.45) is 6.80. The van der Waals surface area contributed by atoms with Crippen molar-refractivity contribution in [2.45, 2.75) is 31.2 Å². The lowest BCUT2D eigenvalue weighted by atomic mass is 10.1. The number of ether oxygens (including phenoxy) is 2. The molecule has 3 rings (SSSR count). The van der Waals surface area contributed by atoms with Crippen molar-refractivity contribution in [3.05, 3.63) is 24.0 Å². The van der Waals surface area contributed by atoms with Crippen molar-refractivity contribution in [3.63, 3.8) is 0 Å². The van der Waals surface area contributed by atoms with Crippen molar-refractivity contribution in [1.29, 1.82) is 0 Å². The molecule has 1 aliphatic carbocycles. The van der Waals surface area contributed by atoms with Crippen molar-refractivity contribution in [3.8, 4) is 5.75 Å². The van der Waals surface area contributed by atoms with Crippen LogP contribution in [0.15, 0.2) is 18.5 Å². The molecule has 2 fully saturated rings. The maximum atomic E-state index is 8.71. The maximum Gasteiger partial charge on any atom is 0.137 e. The number of nitrogens with zero attached hydrogens (tertiary/aromatic N) is 1. The highest BCUT2D eigenvalue weighted by molar-refractivity contribution is 5.30. The SMILES string of the molecule is OCCCOC[C@@H]1C[C@@H]1c1cncc(OC[C@@H]2CCN2)c1. The molecule has 3 atom stereocenters. The summed E-state index contributed by atoms with van der Waals surface area (Å²) in [7, 11) is 0. The standard InChI is InChI=1S/C16H24N2O3/c19-4-1-5-20-10-13-7-16(13)12-6-15(9-17-8-12)21-11-14-2-3-18-14/h6,8-9,13-14,16,18-19H,1-5,7,10-11H2/t13-,14-,16+/m0/s1. The Morgan fingerprint density at radius 1 is 1.33 bits per heavy atom. The second kappa shape index (κ2) is 7.20. The van der Waals surface area contributed by atoms with Gasteiger partial charge in [-0.15, -0.1) is 0 Å². The zero-order chi connectivity index (χ0) is 14.5. The van der Waals surface area contributed by atoms with Crippen molar-refractivity contribution in [2.75, 3.05) is 33.0 Å². The fourth-order valence-electron chi connectivity index (χ4n) is 2.65. The van der Waals surface area contributed by atoms with E-state index < -0.39 is 0 Å². The van der Waals surface area contributed by atoms with Gasteiger partial charge in [-0.05, 0) is 49.3 Å². The Labute approximate surface area is 125 Å². The number of rotatable bonds is 9. The largest absolute Gasteiger partial charge is 0.490 e. The normalized spacial score (nSPS) is 27.2. The van der Waals surface area contributed by atoms with E-state index in [1.807, 2.05) is 6.20 Å². The summed E-state index contributed by atoms with van der Waals surface area (Å²) in [6.45, 7) is 3.46. The van der Waals surface area contributed by atoms with Crippen LogP contribution in [0.4, 0.5) is 0 Å². The van der Waals surface area contributed by atoms with E-state index in [1.165, 1.54) is 12.0 Å². The summed E-state index contributed by atoms with van der Waals surface area (Å²) < 4.78 is 11.4. The molecule has 1 saturated heterocycles. The molecular weight excluding hydrogens is 268 g/mol. The van der Waals surface area contributed by atoms with Crippen LogP contribution in [0.25, 0.3) is 0 Å². The van der Waals surface area contributed by atoms with Gasteiger partial charge in [0.05, 0.1) is 6.20 Å². The van der Waals surface area contributed by atoms with Crippen LogP contribution in [0.1, 0.15) is 30.7 Å². The molecule has 1 aromatic heterocycles. The van der Waals surface area contributed by atoms with Crippen molar-refractivity contribution in [1.82, 2.24) is 10.3 Å². The van der Waals surface area contributed by atoms with E-state index in [2.05, 4.69) is 16.4 Å². The maximum absolute atomic E-state index is 8.71. The summed E-state index contributed by atoms with van der Waals surface area (Å²) in [5, 5.41) is 12.0. The van der Waals surface area contributed by atoms with E-state index in [-0.39, 0.29) is 6.61 Å². The zero-order valence-electron chi connectivity index (χ0n) is 12.3. The second-order valence-electron chi connectivity index (χ2n) is 5.96. The minimum atomic E-state index is 0.202. The van der Waals surface area contributed by atoms with E-state index in [4.69, 9.17) is 14.6 Å². The lowest BCUT2D eigenvalue weighted by Gasteiger charge is -2.27. The van der Waals surface area contributed by atoms with Crippen LogP contribution in [0.3, 0.4) is 0 Å². The third kappa shape index (κ3) is 4.15. The Kier molecular flexibility index (Phi) is 5.06. The summed E-state index contributed by atoms with van der Waals surface area (Å²) in [5.41, 5.74) is 1.25. The smallest absolute Gasteiger partial charge is 0.137 e. The molecular formula is C16H24N2O3. The minimum Gasteiger partial charge on any atom is -0.490 e. The van der Waals surface area contributed by atoms with Crippen molar-refractivity contribution >= 4 is 0 Å². The van der Waals surface area contributed by atoms with Gasteiger partial charge in [-0.1, -0.05) is 0 Å². The first kappa shape index (κ1) is 14.8. The predicted octanol–water partition coefficient (Wildman–Crippen LogP) is 1.32. The highest BCUT2D eigenvalue weighted by Gasteiger charge is 2.38. The number of aliphatic hydroxyl groups is 1. The average molecular weight is 292 g/mol. The summed E-state index contributed by atoms with van der Waals surface area (Å²) >= 11 is 0. The molecule has 0 amide bonds.